The molecule has 2 unspecified atom stereocenters. The molecule has 0 spiro atoms. The Labute approximate surface area is 381 Å². The highest BCUT2D eigenvalue weighted by Gasteiger charge is 2.69. The number of benzene rings is 17. The maximum atomic E-state index is 15.7. The van der Waals surface area contributed by atoms with E-state index in [0.717, 1.165) is 44.0 Å². The molecule has 69 heavy (non-hydrogen) atoms. The third-order valence-corrected chi connectivity index (χ3v) is 24.7. The molecule has 27 aromatic rings. The van der Waals surface area contributed by atoms with E-state index in [9.17, 15) is 0 Å². The van der Waals surface area contributed by atoms with Crippen LogP contribution in [0.4, 0.5) is 13.2 Å². The lowest BCUT2D eigenvalue weighted by atomic mass is 9.58. The van der Waals surface area contributed by atoms with Crippen LogP contribution in [0, 0.1) is 0 Å². The Kier molecular flexibility index (Phi) is 2.37. The summed E-state index contributed by atoms with van der Waals surface area (Å²) in [5.74, 6) is 0. The topological polar surface area (TPSA) is 9.23 Å². The second-order valence-electron chi connectivity index (χ2n) is 24.4. The zero-order chi connectivity index (χ0) is 42.0. The molecule has 296 valence electrons. The van der Waals surface area contributed by atoms with Crippen LogP contribution >= 0.6 is 23.2 Å². The number of alkyl halides is 5. The Hall–Kier alpha value is -7.21. The number of hydrogen-bond acceptors (Lipinski definition) is 1. The molecule has 0 heterocycles. The molecule has 27 aromatic carbocycles. The van der Waals surface area contributed by atoms with Crippen molar-refractivity contribution in [2.45, 2.75) is 22.0 Å². The molecule has 6 heteroatoms. The molecule has 0 bridgehead atoms. The highest BCUT2D eigenvalue weighted by Crippen LogP contribution is 2.84. The number of halogens is 5. The summed E-state index contributed by atoms with van der Waals surface area (Å²) in [7, 11) is 0. The minimum atomic E-state index is -4.57. The Morgan fingerprint density at radius 1 is 0.261 bits per heavy atom. The predicted molar refractivity (Wildman–Crippen MR) is 280 cm³/mol. The lowest BCUT2D eigenvalue weighted by molar-refractivity contribution is -0.193. The first-order chi connectivity index (χ1) is 33.9. The van der Waals surface area contributed by atoms with Gasteiger partial charge in [-0.3, -0.25) is 0 Å². The number of hydrogen-bond donors (Lipinski definition) is 0. The van der Waals surface area contributed by atoms with Crippen LogP contribution in [0.3, 0.4) is 0 Å². The monoisotopic (exact) mass is 902 g/mol. The van der Waals surface area contributed by atoms with Gasteiger partial charge in [-0.2, -0.15) is 13.2 Å². The zero-order valence-corrected chi connectivity index (χ0v) is 35.6. The largest absolute Gasteiger partial charge is 0.411 e. The van der Waals surface area contributed by atoms with Crippen LogP contribution in [-0.2, 0) is 15.8 Å². The molecule has 0 radical (unpaired) electrons. The standard InChI is InChI=1S/C63H3Cl2F3O/c64-60(65)62-54-46-37-30-17-10-4-5-7-3-2-6(4)15(17)21-19-8(2)12-9(3)20-22-16(7)18-11(5)14-13(10)24-32-25(14)34-31(18)38-36(22)40-27(20)29-23(12)28-26(19)39(35(21)37)50(54)52-41(28)42(29)53-51(40)55-47(38)44(34)49-45(32)48(43(46)33(24)30)56(62)58(49)63(55,59(53)57(52)62)69-1-61(66,67)68/h60H,1H2. The summed E-state index contributed by atoms with van der Waals surface area (Å²) in [5, 5.41) is 71.5. The summed E-state index contributed by atoms with van der Waals surface area (Å²) >= 11 is 16.3. The Balaban J connectivity index is 1.22. The summed E-state index contributed by atoms with van der Waals surface area (Å²) < 4.78 is 54.3. The fourth-order valence-corrected chi connectivity index (χ4v) is 24.6. The first kappa shape index (κ1) is 27.1. The van der Waals surface area contributed by atoms with Gasteiger partial charge in [0.25, 0.3) is 0 Å². The van der Waals surface area contributed by atoms with Gasteiger partial charge in [0.2, 0.25) is 0 Å². The summed E-state index contributed by atoms with van der Waals surface area (Å²) in [4.78, 5) is -0.928. The van der Waals surface area contributed by atoms with E-state index in [2.05, 4.69) is 0 Å². The van der Waals surface area contributed by atoms with Gasteiger partial charge in [-0.05, 0) is 297 Å². The Bertz CT molecular complexity index is 7200. The highest BCUT2D eigenvalue weighted by molar-refractivity contribution is 6.81. The van der Waals surface area contributed by atoms with Crippen molar-refractivity contribution in [3.8, 4) is 0 Å². The van der Waals surface area contributed by atoms with Gasteiger partial charge < -0.3 is 4.74 Å². The molecule has 0 fully saturated rings. The summed E-state index contributed by atoms with van der Waals surface area (Å²) in [5.41, 5.74) is 3.69. The lowest BCUT2D eigenvalue weighted by Crippen LogP contribution is -2.47. The smallest absolute Gasteiger partial charge is 0.351 e. The van der Waals surface area contributed by atoms with Crippen molar-refractivity contribution < 1.29 is 17.9 Å². The van der Waals surface area contributed by atoms with Crippen molar-refractivity contribution >= 4 is 303 Å². The van der Waals surface area contributed by atoms with E-state index >= 15 is 13.2 Å². The third-order valence-electron chi connectivity index (χ3n) is 24.0. The van der Waals surface area contributed by atoms with Crippen LogP contribution in [0.1, 0.15) is 33.4 Å². The normalized spacial score (nSPS) is 22.3. The van der Waals surface area contributed by atoms with Gasteiger partial charge in [-0.25, -0.2) is 0 Å². The molecule has 32 rings (SSSR count). The summed E-state index contributed by atoms with van der Waals surface area (Å²) in [6.45, 7) is -1.35. The fourth-order valence-electron chi connectivity index (χ4n) is 24.0. The van der Waals surface area contributed by atoms with Crippen LogP contribution < -0.4 is 0 Å². The molecular weight excluding hydrogens is 901 g/mol. The van der Waals surface area contributed by atoms with Crippen molar-refractivity contribution in [3.63, 3.8) is 0 Å². The third kappa shape index (κ3) is 1.47. The van der Waals surface area contributed by atoms with Crippen molar-refractivity contribution in [2.24, 2.45) is 0 Å². The van der Waals surface area contributed by atoms with Crippen LogP contribution in [-0.4, -0.2) is 17.6 Å². The molecule has 2 atom stereocenters. The van der Waals surface area contributed by atoms with E-state index in [1.165, 1.54) is 269 Å². The predicted octanol–water partition coefficient (Wildman–Crippen LogP) is 18.3. The molecular formula is C63H3Cl2F3O. The Morgan fingerprint density at radius 2 is 0.435 bits per heavy atom. The fraction of sp³-hybridized carbons (Fsp3) is 0.0794. The maximum absolute atomic E-state index is 15.7. The lowest BCUT2D eigenvalue weighted by Gasteiger charge is -2.49. The van der Waals surface area contributed by atoms with Crippen molar-refractivity contribution in [2.75, 3.05) is 6.61 Å². The van der Waals surface area contributed by atoms with Gasteiger partial charge in [0.15, 0.2) is 0 Å². The van der Waals surface area contributed by atoms with Crippen molar-refractivity contribution in [1.29, 1.82) is 0 Å². The van der Waals surface area contributed by atoms with Crippen molar-refractivity contribution in [1.82, 2.24) is 0 Å². The molecule has 0 saturated heterocycles. The second kappa shape index (κ2) is 6.03. The van der Waals surface area contributed by atoms with E-state index in [4.69, 9.17) is 27.9 Å². The van der Waals surface area contributed by atoms with Gasteiger partial charge in [0.05, 0.1) is 5.41 Å². The van der Waals surface area contributed by atoms with Crippen LogP contribution in [0.25, 0.3) is 280 Å². The first-order valence-electron chi connectivity index (χ1n) is 24.6. The highest BCUT2D eigenvalue weighted by atomic mass is 35.5. The molecule has 0 aromatic heterocycles. The van der Waals surface area contributed by atoms with E-state index in [0.29, 0.717) is 0 Å². The average Bonchev–Trinajstić information content (AvgIpc) is 4.18. The zero-order valence-electron chi connectivity index (χ0n) is 34.1. The van der Waals surface area contributed by atoms with Gasteiger partial charge in [0.1, 0.15) is 17.0 Å². The maximum Gasteiger partial charge on any atom is 0.411 e. The van der Waals surface area contributed by atoms with Gasteiger partial charge >= 0.3 is 6.18 Å². The van der Waals surface area contributed by atoms with Gasteiger partial charge in [-0.15, -0.1) is 23.2 Å². The van der Waals surface area contributed by atoms with Gasteiger partial charge in [0, 0.05) is 16.7 Å². The number of rotatable bonds is 3. The van der Waals surface area contributed by atoms with E-state index in [1.54, 1.807) is 0 Å². The molecule has 0 aliphatic heterocycles. The van der Waals surface area contributed by atoms with E-state index in [1.807, 2.05) is 0 Å². The van der Waals surface area contributed by atoms with Crippen LogP contribution in [0.15, 0.2) is 0 Å². The van der Waals surface area contributed by atoms with Crippen molar-refractivity contribution in [3.05, 3.63) is 33.4 Å². The van der Waals surface area contributed by atoms with E-state index < -0.39 is 28.6 Å². The Morgan fingerprint density at radius 3 is 0.710 bits per heavy atom. The minimum absolute atomic E-state index is 0.928. The molecule has 0 amide bonds. The average molecular weight is 904 g/mol. The quantitative estimate of drug-likeness (QED) is 0.127. The molecule has 1 nitrogen and oxygen atoms in total. The van der Waals surface area contributed by atoms with Gasteiger partial charge in [-0.1, -0.05) is 0 Å². The minimum Gasteiger partial charge on any atom is -0.351 e. The molecule has 5 aliphatic rings. The SMILES string of the molecule is FC(F)(F)COC12c3c4c5c6c7c8c9c%10c(c1c1c%11c2c2c%12c3c5c3c5c%12c%12c2c2c%11c%11c%13c1c%10c1c%10c9c9c7c7c6c3c3c5c5c%12c6c2c%11c2c(c%131)c1c%10c9c9c7c3c3c9c1c2c6c53)C48C(Cl)Cl. The molecule has 0 N–H and O–H groups in total. The second-order valence-corrected chi connectivity index (χ2v) is 25.5. The summed E-state index contributed by atoms with van der Waals surface area (Å²) in [6, 6.07) is 0. The van der Waals surface area contributed by atoms with E-state index in [-0.39, 0.29) is 0 Å². The summed E-state index contributed by atoms with van der Waals surface area (Å²) in [6.07, 6.45) is -4.57. The number of ether oxygens (including phenoxy) is 1. The first-order valence-corrected chi connectivity index (χ1v) is 25.5. The van der Waals surface area contributed by atoms with Crippen LogP contribution in [0.5, 0.6) is 0 Å². The molecule has 5 aliphatic carbocycles. The van der Waals surface area contributed by atoms with Crippen LogP contribution in [0.2, 0.25) is 0 Å². The molecule has 0 saturated carbocycles.